The van der Waals surface area contributed by atoms with Gasteiger partial charge in [-0.25, -0.2) is 0 Å². The van der Waals surface area contributed by atoms with Gasteiger partial charge in [0.2, 0.25) is 0 Å². The summed E-state index contributed by atoms with van der Waals surface area (Å²) in [6.45, 7) is 6.98. The van der Waals surface area contributed by atoms with Gasteiger partial charge in [0.05, 0.1) is 10.6 Å². The molecule has 32 heavy (non-hydrogen) atoms. The molecule has 6 heteroatoms. The number of aromatic nitrogens is 1. The van der Waals surface area contributed by atoms with Crippen molar-refractivity contribution in [3.8, 4) is 0 Å². The Morgan fingerprint density at radius 2 is 1.78 bits per heavy atom. The number of ketones is 1. The van der Waals surface area contributed by atoms with Gasteiger partial charge in [0.25, 0.3) is 5.91 Å². The number of hydrogen-bond donors (Lipinski definition) is 0. The molecule has 3 aromatic rings. The summed E-state index contributed by atoms with van der Waals surface area (Å²) in [5.74, 6) is 0.151. The molecule has 1 aliphatic heterocycles. The van der Waals surface area contributed by atoms with E-state index in [2.05, 4.69) is 36.7 Å². The van der Waals surface area contributed by atoms with E-state index in [1.54, 1.807) is 24.0 Å². The Morgan fingerprint density at radius 3 is 2.44 bits per heavy atom. The van der Waals surface area contributed by atoms with Crippen LogP contribution >= 0.6 is 23.2 Å². The third kappa shape index (κ3) is 4.18. The van der Waals surface area contributed by atoms with Crippen LogP contribution in [0.25, 0.3) is 10.9 Å². The largest absolute Gasteiger partial charge is 0.350 e. The predicted octanol–water partition coefficient (Wildman–Crippen LogP) is 6.13. The Labute approximate surface area is 199 Å². The number of nitrogens with zero attached hydrogens (tertiary/aromatic N) is 2. The normalized spacial score (nSPS) is 14.9. The average Bonchev–Trinajstić information content (AvgIpc) is 3.06. The van der Waals surface area contributed by atoms with E-state index in [-0.39, 0.29) is 17.6 Å². The standard InChI is InChI=1S/C26H28Cl2N2O2/c1-15-11-16(2)24-19(14-29(4)23(24)12-15)13-21-22(27)6-5-20(25(21)28)26(32)30-9-7-18(8-10-30)17(3)31/h5-6,11-12,14,18H,7-10,13H2,1-4H3. The monoisotopic (exact) mass is 470 g/mol. The SMILES string of the molecule is CC(=O)C1CCN(C(=O)c2ccc(Cl)c(Cc3cn(C)c4cc(C)cc(C)c34)c2Cl)CC1. The van der Waals surface area contributed by atoms with Gasteiger partial charge in [-0.05, 0) is 74.1 Å². The van der Waals surface area contributed by atoms with Crippen LogP contribution < -0.4 is 0 Å². The van der Waals surface area contributed by atoms with E-state index in [1.165, 1.54) is 22.0 Å². The molecule has 0 unspecified atom stereocenters. The molecule has 0 aliphatic carbocycles. The first-order valence-electron chi connectivity index (χ1n) is 11.0. The highest BCUT2D eigenvalue weighted by atomic mass is 35.5. The molecular formula is C26H28Cl2N2O2. The minimum absolute atomic E-state index is 0.0496. The molecule has 2 heterocycles. The van der Waals surface area contributed by atoms with Gasteiger partial charge in [-0.15, -0.1) is 0 Å². The van der Waals surface area contributed by atoms with Crippen LogP contribution in [0.5, 0.6) is 0 Å². The molecule has 4 nitrogen and oxygen atoms in total. The van der Waals surface area contributed by atoms with Crippen LogP contribution in [0.1, 0.15) is 52.4 Å². The third-order valence-electron chi connectivity index (χ3n) is 6.65. The van der Waals surface area contributed by atoms with Crippen LogP contribution in [0, 0.1) is 19.8 Å². The summed E-state index contributed by atoms with van der Waals surface area (Å²) in [5.41, 5.74) is 5.98. The van der Waals surface area contributed by atoms with Crippen molar-refractivity contribution in [3.63, 3.8) is 0 Å². The second-order valence-electron chi connectivity index (χ2n) is 8.98. The molecule has 0 radical (unpaired) electrons. The highest BCUT2D eigenvalue weighted by Crippen LogP contribution is 2.35. The van der Waals surface area contributed by atoms with Crippen molar-refractivity contribution in [1.29, 1.82) is 0 Å². The van der Waals surface area contributed by atoms with Gasteiger partial charge in [0.1, 0.15) is 5.78 Å². The lowest BCUT2D eigenvalue weighted by molar-refractivity contribution is -0.121. The molecule has 0 saturated carbocycles. The fraction of sp³-hybridized carbons (Fsp3) is 0.385. The molecule has 1 aliphatic rings. The quantitative estimate of drug-likeness (QED) is 0.459. The van der Waals surface area contributed by atoms with E-state index in [0.717, 1.165) is 11.1 Å². The molecule has 0 bridgehead atoms. The summed E-state index contributed by atoms with van der Waals surface area (Å²) >= 11 is 13.4. The van der Waals surface area contributed by atoms with Crippen LogP contribution in [-0.2, 0) is 18.3 Å². The second-order valence-corrected chi connectivity index (χ2v) is 9.77. The molecule has 0 N–H and O–H groups in total. The van der Waals surface area contributed by atoms with E-state index in [9.17, 15) is 9.59 Å². The van der Waals surface area contributed by atoms with Gasteiger partial charge < -0.3 is 9.47 Å². The van der Waals surface area contributed by atoms with Crippen molar-refractivity contribution < 1.29 is 9.59 Å². The van der Waals surface area contributed by atoms with Gasteiger partial charge in [-0.2, -0.15) is 0 Å². The maximum Gasteiger partial charge on any atom is 0.255 e. The predicted molar refractivity (Wildman–Crippen MR) is 131 cm³/mol. The van der Waals surface area contributed by atoms with Crippen molar-refractivity contribution in [1.82, 2.24) is 9.47 Å². The van der Waals surface area contributed by atoms with Crippen molar-refractivity contribution in [2.45, 2.75) is 40.0 Å². The first kappa shape index (κ1) is 22.9. The zero-order valence-corrected chi connectivity index (χ0v) is 20.5. The third-order valence-corrected chi connectivity index (χ3v) is 7.44. The average molecular weight is 471 g/mol. The summed E-state index contributed by atoms with van der Waals surface area (Å²) in [4.78, 5) is 26.7. The number of aryl methyl sites for hydroxylation is 3. The van der Waals surface area contributed by atoms with Crippen LogP contribution in [0.2, 0.25) is 10.0 Å². The molecule has 0 atom stereocenters. The number of benzene rings is 2. The molecule has 1 saturated heterocycles. The van der Waals surface area contributed by atoms with E-state index < -0.39 is 0 Å². The number of likely N-dealkylation sites (tertiary alicyclic amines) is 1. The number of carbonyl (C=O) groups excluding carboxylic acids is 2. The number of carbonyl (C=O) groups is 2. The number of Topliss-reactive ketones (excluding diaryl/α,β-unsaturated/α-hetero) is 1. The van der Waals surface area contributed by atoms with E-state index in [0.29, 0.717) is 48.0 Å². The van der Waals surface area contributed by atoms with Gasteiger partial charge in [-0.3, -0.25) is 9.59 Å². The molecule has 1 aromatic heterocycles. The van der Waals surface area contributed by atoms with Crippen LogP contribution in [0.4, 0.5) is 0 Å². The number of hydrogen-bond acceptors (Lipinski definition) is 2. The Bertz CT molecular complexity index is 1220. The number of piperidine rings is 1. The summed E-state index contributed by atoms with van der Waals surface area (Å²) < 4.78 is 2.13. The first-order chi connectivity index (χ1) is 15.2. The summed E-state index contributed by atoms with van der Waals surface area (Å²) in [5, 5.41) is 2.18. The molecule has 2 aromatic carbocycles. The van der Waals surface area contributed by atoms with Gasteiger partial charge in [-0.1, -0.05) is 29.3 Å². The molecule has 1 amide bonds. The fourth-order valence-corrected chi connectivity index (χ4v) is 5.50. The lowest BCUT2D eigenvalue weighted by atomic mass is 9.93. The minimum atomic E-state index is -0.0976. The number of amides is 1. The van der Waals surface area contributed by atoms with Crippen molar-refractivity contribution in [3.05, 3.63) is 68.3 Å². The van der Waals surface area contributed by atoms with Gasteiger partial charge >= 0.3 is 0 Å². The van der Waals surface area contributed by atoms with Gasteiger partial charge in [0, 0.05) is 54.6 Å². The maximum atomic E-state index is 13.2. The zero-order valence-electron chi connectivity index (χ0n) is 19.0. The number of rotatable bonds is 4. The van der Waals surface area contributed by atoms with E-state index >= 15 is 0 Å². The molecule has 4 rings (SSSR count). The minimum Gasteiger partial charge on any atom is -0.350 e. The number of fused-ring (bicyclic) bond motifs is 1. The topological polar surface area (TPSA) is 42.3 Å². The fourth-order valence-electron chi connectivity index (χ4n) is 4.92. The maximum absolute atomic E-state index is 13.2. The van der Waals surface area contributed by atoms with Crippen LogP contribution in [0.15, 0.2) is 30.5 Å². The highest BCUT2D eigenvalue weighted by molar-refractivity contribution is 6.38. The lowest BCUT2D eigenvalue weighted by Crippen LogP contribution is -2.40. The number of halogens is 2. The first-order valence-corrected chi connectivity index (χ1v) is 11.7. The van der Waals surface area contributed by atoms with Crippen molar-refractivity contribution in [2.75, 3.05) is 13.1 Å². The highest BCUT2D eigenvalue weighted by Gasteiger charge is 2.28. The van der Waals surface area contributed by atoms with Gasteiger partial charge in [0.15, 0.2) is 0 Å². The van der Waals surface area contributed by atoms with Crippen LogP contribution in [0.3, 0.4) is 0 Å². The van der Waals surface area contributed by atoms with E-state index in [1.807, 2.05) is 7.05 Å². The summed E-state index contributed by atoms with van der Waals surface area (Å²) in [6.07, 6.45) is 4.07. The molecule has 1 fully saturated rings. The molecular weight excluding hydrogens is 443 g/mol. The van der Waals surface area contributed by atoms with E-state index in [4.69, 9.17) is 23.2 Å². The molecule has 168 valence electrons. The van der Waals surface area contributed by atoms with Crippen LogP contribution in [-0.4, -0.2) is 34.2 Å². The smallest absolute Gasteiger partial charge is 0.255 e. The Kier molecular flexibility index (Phi) is 6.37. The van der Waals surface area contributed by atoms with Crippen molar-refractivity contribution in [2.24, 2.45) is 13.0 Å². The lowest BCUT2D eigenvalue weighted by Gasteiger charge is -2.31. The Hall–Kier alpha value is -2.30. The Morgan fingerprint density at radius 1 is 1.09 bits per heavy atom. The Balaban J connectivity index is 1.66. The zero-order chi connectivity index (χ0) is 23.2. The summed E-state index contributed by atoms with van der Waals surface area (Å²) in [7, 11) is 2.04. The summed E-state index contributed by atoms with van der Waals surface area (Å²) in [6, 6.07) is 7.84. The van der Waals surface area contributed by atoms with Crippen molar-refractivity contribution >= 4 is 45.8 Å². The molecule has 0 spiro atoms. The second kappa shape index (κ2) is 8.92.